The molecule has 0 atom stereocenters. The van der Waals surface area contributed by atoms with Gasteiger partial charge in [0.05, 0.1) is 17.1 Å². The molecule has 3 aromatic rings. The Balaban J connectivity index is 1.37. The van der Waals surface area contributed by atoms with Crippen molar-refractivity contribution in [2.24, 2.45) is 0 Å². The van der Waals surface area contributed by atoms with Crippen molar-refractivity contribution in [2.75, 3.05) is 31.1 Å². The zero-order chi connectivity index (χ0) is 19.3. The molecule has 1 aliphatic heterocycles. The van der Waals surface area contributed by atoms with Crippen LogP contribution in [0, 0.1) is 0 Å². The van der Waals surface area contributed by atoms with Crippen LogP contribution < -0.4 is 4.90 Å². The first-order valence-electron chi connectivity index (χ1n) is 9.57. The number of rotatable bonds is 5. The van der Waals surface area contributed by atoms with Gasteiger partial charge in [0.2, 0.25) is 5.91 Å². The summed E-state index contributed by atoms with van der Waals surface area (Å²) >= 11 is 1.63. The first kappa shape index (κ1) is 18.6. The molecule has 3 heterocycles. The number of aryl methyl sites for hydroxylation is 1. The fourth-order valence-electron chi connectivity index (χ4n) is 3.30. The number of aromatic nitrogens is 3. The molecule has 0 N–H and O–H groups in total. The van der Waals surface area contributed by atoms with Crippen LogP contribution in [0.1, 0.15) is 17.6 Å². The van der Waals surface area contributed by atoms with Crippen LogP contribution in [-0.4, -0.2) is 51.9 Å². The molecule has 0 radical (unpaired) electrons. The average molecular weight is 394 g/mol. The Morgan fingerprint density at radius 3 is 2.57 bits per heavy atom. The minimum absolute atomic E-state index is 0.153. The van der Waals surface area contributed by atoms with Crippen LogP contribution in [0.2, 0.25) is 0 Å². The van der Waals surface area contributed by atoms with E-state index in [1.54, 1.807) is 17.5 Å². The second kappa shape index (κ2) is 8.48. The molecule has 1 fully saturated rings. The van der Waals surface area contributed by atoms with E-state index < -0.39 is 0 Å². The van der Waals surface area contributed by atoms with Gasteiger partial charge >= 0.3 is 0 Å². The maximum absolute atomic E-state index is 12.6. The molecule has 0 spiro atoms. The summed E-state index contributed by atoms with van der Waals surface area (Å²) in [7, 11) is 0. The second-order valence-electron chi connectivity index (χ2n) is 6.74. The quantitative estimate of drug-likeness (QED) is 0.667. The van der Waals surface area contributed by atoms with E-state index in [4.69, 9.17) is 4.98 Å². The van der Waals surface area contributed by atoms with E-state index in [2.05, 4.69) is 21.8 Å². The number of hydrogen-bond donors (Lipinski definition) is 0. The van der Waals surface area contributed by atoms with Crippen molar-refractivity contribution in [3.8, 4) is 11.4 Å². The number of hydrogen-bond acceptors (Lipinski definition) is 6. The lowest BCUT2D eigenvalue weighted by atomic mass is 10.2. The van der Waals surface area contributed by atoms with Gasteiger partial charge in [-0.1, -0.05) is 37.3 Å². The number of amides is 1. The van der Waals surface area contributed by atoms with Gasteiger partial charge in [-0.15, -0.1) is 11.3 Å². The Hall–Kier alpha value is -2.80. The normalized spacial score (nSPS) is 14.3. The van der Waals surface area contributed by atoms with Crippen molar-refractivity contribution in [3.05, 3.63) is 58.7 Å². The summed E-state index contributed by atoms with van der Waals surface area (Å²) in [6, 6.07) is 11.9. The number of piperazine rings is 1. The summed E-state index contributed by atoms with van der Waals surface area (Å²) in [4.78, 5) is 30.4. The Morgan fingerprint density at radius 2 is 1.86 bits per heavy atom. The van der Waals surface area contributed by atoms with Crippen molar-refractivity contribution in [2.45, 2.75) is 19.8 Å². The smallest absolute Gasteiger partial charge is 0.228 e. The zero-order valence-corrected chi connectivity index (χ0v) is 16.7. The van der Waals surface area contributed by atoms with Gasteiger partial charge in [0.1, 0.15) is 5.82 Å². The van der Waals surface area contributed by atoms with Crippen LogP contribution in [0.25, 0.3) is 11.4 Å². The highest BCUT2D eigenvalue weighted by atomic mass is 32.1. The number of nitrogens with zero attached hydrogens (tertiary/aromatic N) is 5. The molecule has 6 nitrogen and oxygen atoms in total. The SMILES string of the molecule is CCc1nc(CC(=O)N2CCN(c3ccnc(-c4ccccc4)n3)CC2)cs1. The predicted octanol–water partition coefficient (Wildman–Crippen LogP) is 3.05. The third-order valence-electron chi connectivity index (χ3n) is 4.86. The van der Waals surface area contributed by atoms with Gasteiger partial charge in [0, 0.05) is 43.3 Å². The lowest BCUT2D eigenvalue weighted by Gasteiger charge is -2.35. The van der Waals surface area contributed by atoms with Crippen molar-refractivity contribution in [1.29, 1.82) is 0 Å². The summed E-state index contributed by atoms with van der Waals surface area (Å²) in [6.07, 6.45) is 3.11. The lowest BCUT2D eigenvalue weighted by molar-refractivity contribution is -0.130. The van der Waals surface area contributed by atoms with E-state index in [1.165, 1.54) is 0 Å². The number of anilines is 1. The number of thiazole rings is 1. The summed E-state index contributed by atoms with van der Waals surface area (Å²) in [5.74, 6) is 1.79. The van der Waals surface area contributed by atoms with E-state index in [0.717, 1.165) is 47.4 Å². The molecule has 144 valence electrons. The maximum Gasteiger partial charge on any atom is 0.228 e. The van der Waals surface area contributed by atoms with Crippen LogP contribution in [0.3, 0.4) is 0 Å². The fraction of sp³-hybridized carbons (Fsp3) is 0.333. The highest BCUT2D eigenvalue weighted by Crippen LogP contribution is 2.19. The standard InChI is InChI=1S/C21H23N5OS/c1-2-19-23-17(15-28-19)14-20(27)26-12-10-25(11-13-26)18-8-9-22-21(24-18)16-6-4-3-5-7-16/h3-9,15H,2,10-14H2,1H3. The molecule has 0 saturated carbocycles. The third-order valence-corrected chi connectivity index (χ3v) is 5.91. The highest BCUT2D eigenvalue weighted by molar-refractivity contribution is 7.09. The third kappa shape index (κ3) is 4.20. The van der Waals surface area contributed by atoms with Gasteiger partial charge in [-0.2, -0.15) is 0 Å². The lowest BCUT2D eigenvalue weighted by Crippen LogP contribution is -2.49. The topological polar surface area (TPSA) is 62.2 Å². The summed E-state index contributed by atoms with van der Waals surface area (Å²) < 4.78 is 0. The largest absolute Gasteiger partial charge is 0.353 e. The van der Waals surface area contributed by atoms with Crippen molar-refractivity contribution >= 4 is 23.1 Å². The summed E-state index contributed by atoms with van der Waals surface area (Å²) in [6.45, 7) is 5.03. The van der Waals surface area contributed by atoms with Gasteiger partial charge < -0.3 is 9.80 Å². The minimum Gasteiger partial charge on any atom is -0.353 e. The maximum atomic E-state index is 12.6. The molecule has 7 heteroatoms. The van der Waals surface area contributed by atoms with Gasteiger partial charge in [-0.25, -0.2) is 15.0 Å². The minimum atomic E-state index is 0.153. The molecule has 0 aliphatic carbocycles. The predicted molar refractivity (Wildman–Crippen MR) is 111 cm³/mol. The molecule has 0 bridgehead atoms. The Bertz CT molecular complexity index is 935. The van der Waals surface area contributed by atoms with Gasteiger partial charge in [-0.05, 0) is 12.5 Å². The zero-order valence-electron chi connectivity index (χ0n) is 15.9. The van der Waals surface area contributed by atoms with Gasteiger partial charge in [-0.3, -0.25) is 4.79 Å². The van der Waals surface area contributed by atoms with Crippen molar-refractivity contribution < 1.29 is 4.79 Å². The molecular formula is C21H23N5OS. The molecule has 1 saturated heterocycles. The molecule has 4 rings (SSSR count). The molecule has 1 aromatic carbocycles. The van der Waals surface area contributed by atoms with E-state index >= 15 is 0 Å². The molecule has 1 aliphatic rings. The van der Waals surface area contributed by atoms with Crippen LogP contribution in [0.5, 0.6) is 0 Å². The van der Waals surface area contributed by atoms with Crippen LogP contribution in [0.4, 0.5) is 5.82 Å². The highest BCUT2D eigenvalue weighted by Gasteiger charge is 2.23. The Morgan fingerprint density at radius 1 is 1.07 bits per heavy atom. The fourth-order valence-corrected chi connectivity index (χ4v) is 4.04. The van der Waals surface area contributed by atoms with Crippen molar-refractivity contribution in [1.82, 2.24) is 19.9 Å². The van der Waals surface area contributed by atoms with Gasteiger partial charge in [0.15, 0.2) is 5.82 Å². The van der Waals surface area contributed by atoms with Gasteiger partial charge in [0.25, 0.3) is 0 Å². The molecular weight excluding hydrogens is 370 g/mol. The van der Waals surface area contributed by atoms with Crippen LogP contribution in [0.15, 0.2) is 48.0 Å². The Kier molecular flexibility index (Phi) is 5.62. The molecule has 0 unspecified atom stereocenters. The number of carbonyl (C=O) groups excluding carboxylic acids is 1. The van der Waals surface area contributed by atoms with E-state index in [-0.39, 0.29) is 5.91 Å². The number of benzene rings is 1. The first-order valence-corrected chi connectivity index (χ1v) is 10.5. The van der Waals surface area contributed by atoms with E-state index in [1.807, 2.05) is 46.7 Å². The Labute approximate surface area is 168 Å². The van der Waals surface area contributed by atoms with E-state index in [0.29, 0.717) is 19.5 Å². The van der Waals surface area contributed by atoms with Crippen LogP contribution >= 0.6 is 11.3 Å². The molecule has 2 aromatic heterocycles. The molecule has 28 heavy (non-hydrogen) atoms. The van der Waals surface area contributed by atoms with Crippen LogP contribution in [-0.2, 0) is 17.6 Å². The number of carbonyl (C=O) groups is 1. The second-order valence-corrected chi connectivity index (χ2v) is 7.68. The average Bonchev–Trinajstić information content (AvgIpc) is 3.22. The summed E-state index contributed by atoms with van der Waals surface area (Å²) in [5.41, 5.74) is 1.89. The van der Waals surface area contributed by atoms with Crippen molar-refractivity contribution in [3.63, 3.8) is 0 Å². The van der Waals surface area contributed by atoms with E-state index in [9.17, 15) is 4.79 Å². The summed E-state index contributed by atoms with van der Waals surface area (Å²) in [5, 5.41) is 3.09. The molecule has 1 amide bonds. The first-order chi connectivity index (χ1) is 13.7. The monoisotopic (exact) mass is 393 g/mol.